The van der Waals surface area contributed by atoms with Crippen molar-refractivity contribution in [2.24, 2.45) is 4.99 Å². The normalized spacial score (nSPS) is 13.3. The maximum absolute atomic E-state index is 12.3. The molecule has 0 aliphatic carbocycles. The van der Waals surface area contributed by atoms with Crippen LogP contribution in [0.1, 0.15) is 6.42 Å². The van der Waals surface area contributed by atoms with Gasteiger partial charge < -0.3 is 18.8 Å². The van der Waals surface area contributed by atoms with Crippen LogP contribution in [0.4, 0.5) is 0 Å². The highest BCUT2D eigenvalue weighted by Crippen LogP contribution is 2.35. The molecular formula is C21H18N2O4S. The Kier molecular flexibility index (Phi) is 5.31. The number of thiazole rings is 1. The molecule has 0 bridgehead atoms. The molecule has 1 aromatic heterocycles. The Labute approximate surface area is 166 Å². The number of rotatable bonds is 5. The van der Waals surface area contributed by atoms with Gasteiger partial charge in [0.05, 0.1) is 29.8 Å². The lowest BCUT2D eigenvalue weighted by atomic mass is 10.2. The fourth-order valence-electron chi connectivity index (χ4n) is 2.87. The van der Waals surface area contributed by atoms with E-state index in [2.05, 4.69) is 10.9 Å². The van der Waals surface area contributed by atoms with Crippen LogP contribution in [-0.2, 0) is 11.3 Å². The van der Waals surface area contributed by atoms with Crippen LogP contribution in [-0.4, -0.2) is 30.3 Å². The number of benzene rings is 2. The average molecular weight is 394 g/mol. The summed E-state index contributed by atoms with van der Waals surface area (Å²) in [5, 5.41) is 0. The predicted octanol–water partition coefficient (Wildman–Crippen LogP) is 3.00. The maximum atomic E-state index is 12.3. The lowest BCUT2D eigenvalue weighted by Gasteiger charge is -2.18. The molecule has 3 aromatic rings. The lowest BCUT2D eigenvalue weighted by molar-refractivity contribution is -0.118. The monoisotopic (exact) mass is 394 g/mol. The molecule has 6 nitrogen and oxygen atoms in total. The Balaban J connectivity index is 1.58. The van der Waals surface area contributed by atoms with E-state index in [1.54, 1.807) is 0 Å². The molecule has 1 aliphatic rings. The van der Waals surface area contributed by atoms with Crippen molar-refractivity contribution in [2.75, 3.05) is 19.8 Å². The number of carbonyl (C=O) groups is 1. The van der Waals surface area contributed by atoms with Crippen molar-refractivity contribution < 1.29 is 19.0 Å². The highest BCUT2D eigenvalue weighted by atomic mass is 32.1. The summed E-state index contributed by atoms with van der Waals surface area (Å²) in [4.78, 5) is 17.2. The van der Waals surface area contributed by atoms with Gasteiger partial charge in [0.2, 0.25) is 0 Å². The Morgan fingerprint density at radius 3 is 2.71 bits per heavy atom. The summed E-state index contributed by atoms with van der Waals surface area (Å²) in [5.74, 6) is 4.46. The molecule has 0 spiro atoms. The first-order chi connectivity index (χ1) is 13.7. The first-order valence-corrected chi connectivity index (χ1v) is 9.68. The number of fused-ring (bicyclic) bond motifs is 2. The van der Waals surface area contributed by atoms with Crippen molar-refractivity contribution in [3.8, 4) is 29.6 Å². The van der Waals surface area contributed by atoms with Gasteiger partial charge >= 0.3 is 0 Å². The molecule has 7 heteroatoms. The standard InChI is InChI=1S/C21H18N2O4S/c1-2-9-23-16-13-17-18(27-12-11-26-17)14-19(16)28-21(23)22-20(24)8-10-25-15-6-4-3-5-7-15/h1,3-7,13-14H,8-12H2. The zero-order valence-electron chi connectivity index (χ0n) is 15.1. The van der Waals surface area contributed by atoms with Crippen molar-refractivity contribution in [2.45, 2.75) is 13.0 Å². The van der Waals surface area contributed by atoms with Crippen molar-refractivity contribution in [3.63, 3.8) is 0 Å². The third kappa shape index (κ3) is 3.87. The van der Waals surface area contributed by atoms with Gasteiger partial charge in [0, 0.05) is 12.1 Å². The Morgan fingerprint density at radius 2 is 1.96 bits per heavy atom. The molecule has 2 heterocycles. The van der Waals surface area contributed by atoms with E-state index in [1.165, 1.54) is 11.3 Å². The topological polar surface area (TPSA) is 62.1 Å². The molecule has 28 heavy (non-hydrogen) atoms. The molecule has 1 amide bonds. The highest BCUT2D eigenvalue weighted by molar-refractivity contribution is 7.16. The van der Waals surface area contributed by atoms with E-state index < -0.39 is 0 Å². The SMILES string of the molecule is C#CCn1c(=NC(=O)CCOc2ccccc2)sc2cc3c(cc21)OCCO3. The third-order valence-corrected chi connectivity index (χ3v) is 5.19. The Morgan fingerprint density at radius 1 is 1.21 bits per heavy atom. The molecule has 0 saturated carbocycles. The van der Waals surface area contributed by atoms with Gasteiger partial charge in [-0.05, 0) is 12.1 Å². The molecule has 0 saturated heterocycles. The van der Waals surface area contributed by atoms with Crippen LogP contribution >= 0.6 is 11.3 Å². The summed E-state index contributed by atoms with van der Waals surface area (Å²) < 4.78 is 19.6. The van der Waals surface area contributed by atoms with Crippen LogP contribution in [0.3, 0.4) is 0 Å². The molecule has 1 aliphatic heterocycles. The first kappa shape index (κ1) is 18.1. The molecule has 0 radical (unpaired) electrons. The van der Waals surface area contributed by atoms with Gasteiger partial charge in [-0.2, -0.15) is 4.99 Å². The van der Waals surface area contributed by atoms with E-state index in [1.807, 2.05) is 47.0 Å². The van der Waals surface area contributed by atoms with Crippen LogP contribution in [0, 0.1) is 12.3 Å². The van der Waals surface area contributed by atoms with E-state index in [0.717, 1.165) is 16.0 Å². The van der Waals surface area contributed by atoms with Gasteiger partial charge in [-0.15, -0.1) is 6.42 Å². The van der Waals surface area contributed by atoms with Gasteiger partial charge in [0.25, 0.3) is 5.91 Å². The highest BCUT2D eigenvalue weighted by Gasteiger charge is 2.16. The molecule has 4 rings (SSSR count). The summed E-state index contributed by atoms with van der Waals surface area (Å²) in [7, 11) is 0. The van der Waals surface area contributed by atoms with Gasteiger partial charge in [0.15, 0.2) is 16.3 Å². The zero-order chi connectivity index (χ0) is 19.3. The maximum Gasteiger partial charge on any atom is 0.251 e. The second-order valence-electron chi connectivity index (χ2n) is 6.06. The van der Waals surface area contributed by atoms with Crippen molar-refractivity contribution in [3.05, 3.63) is 47.3 Å². The molecular weight excluding hydrogens is 376 g/mol. The summed E-state index contributed by atoms with van der Waals surface area (Å²) in [6.45, 7) is 1.61. The number of aromatic nitrogens is 1. The van der Waals surface area contributed by atoms with Crippen LogP contribution in [0.5, 0.6) is 17.2 Å². The van der Waals surface area contributed by atoms with Crippen LogP contribution in [0.2, 0.25) is 0 Å². The largest absolute Gasteiger partial charge is 0.493 e. The number of para-hydroxylation sites is 1. The minimum atomic E-state index is -0.259. The van der Waals surface area contributed by atoms with Gasteiger partial charge in [-0.25, -0.2) is 0 Å². The van der Waals surface area contributed by atoms with Crippen LogP contribution < -0.4 is 19.0 Å². The lowest BCUT2D eigenvalue weighted by Crippen LogP contribution is -2.18. The Hall–Kier alpha value is -3.24. The van der Waals surface area contributed by atoms with Crippen LogP contribution in [0.25, 0.3) is 10.2 Å². The van der Waals surface area contributed by atoms with E-state index >= 15 is 0 Å². The number of ether oxygens (including phenoxy) is 3. The molecule has 0 fully saturated rings. The van der Waals surface area contributed by atoms with Crippen molar-refractivity contribution in [1.29, 1.82) is 0 Å². The molecule has 2 aromatic carbocycles. The molecule has 0 atom stereocenters. The van der Waals surface area contributed by atoms with Gasteiger partial charge in [-0.3, -0.25) is 4.79 Å². The number of hydrogen-bond acceptors (Lipinski definition) is 5. The molecule has 0 N–H and O–H groups in total. The predicted molar refractivity (Wildman–Crippen MR) is 107 cm³/mol. The van der Waals surface area contributed by atoms with Gasteiger partial charge in [0.1, 0.15) is 19.0 Å². The minimum Gasteiger partial charge on any atom is -0.493 e. The van der Waals surface area contributed by atoms with Crippen molar-refractivity contribution >= 4 is 27.5 Å². The van der Waals surface area contributed by atoms with Crippen LogP contribution in [0.15, 0.2) is 47.5 Å². The zero-order valence-corrected chi connectivity index (χ0v) is 15.9. The second kappa shape index (κ2) is 8.19. The average Bonchev–Trinajstić information content (AvgIpc) is 3.03. The number of amides is 1. The number of carbonyl (C=O) groups excluding carboxylic acids is 1. The van der Waals surface area contributed by atoms with E-state index in [9.17, 15) is 4.79 Å². The smallest absolute Gasteiger partial charge is 0.251 e. The first-order valence-electron chi connectivity index (χ1n) is 8.86. The van der Waals surface area contributed by atoms with E-state index in [0.29, 0.717) is 36.1 Å². The fourth-order valence-corrected chi connectivity index (χ4v) is 3.93. The molecule has 0 unspecified atom stereocenters. The number of nitrogens with zero attached hydrogens (tertiary/aromatic N) is 2. The van der Waals surface area contributed by atoms with Crippen molar-refractivity contribution in [1.82, 2.24) is 4.57 Å². The third-order valence-electron chi connectivity index (χ3n) is 4.14. The molecule has 142 valence electrons. The fraction of sp³-hybridized carbons (Fsp3) is 0.238. The summed E-state index contributed by atoms with van der Waals surface area (Å²) in [5.41, 5.74) is 0.874. The summed E-state index contributed by atoms with van der Waals surface area (Å²) in [6.07, 6.45) is 5.71. The quantitative estimate of drug-likeness (QED) is 0.624. The number of hydrogen-bond donors (Lipinski definition) is 0. The van der Waals surface area contributed by atoms with E-state index in [-0.39, 0.29) is 18.9 Å². The minimum absolute atomic E-state index is 0.182. The second-order valence-corrected chi connectivity index (χ2v) is 7.06. The summed E-state index contributed by atoms with van der Waals surface area (Å²) in [6, 6.07) is 13.2. The van der Waals surface area contributed by atoms with Gasteiger partial charge in [-0.1, -0.05) is 35.5 Å². The van der Waals surface area contributed by atoms with E-state index in [4.69, 9.17) is 20.6 Å². The number of terminal acetylenes is 1. The Bertz CT molecular complexity index is 1110. The summed E-state index contributed by atoms with van der Waals surface area (Å²) >= 11 is 1.40.